The van der Waals surface area contributed by atoms with Crippen LogP contribution in [0.2, 0.25) is 0 Å². The quantitative estimate of drug-likeness (QED) is 0.921. The van der Waals surface area contributed by atoms with E-state index in [1.165, 1.54) is 5.39 Å². The summed E-state index contributed by atoms with van der Waals surface area (Å²) in [7, 11) is 0. The Morgan fingerprint density at radius 3 is 2.61 bits per heavy atom. The fourth-order valence-electron chi connectivity index (χ4n) is 3.78. The van der Waals surface area contributed by atoms with E-state index in [-0.39, 0.29) is 5.91 Å². The molecular formula is C19H23N3O. The molecule has 2 aromatic carbocycles. The van der Waals surface area contributed by atoms with Gasteiger partial charge in [-0.15, -0.1) is 0 Å². The van der Waals surface area contributed by atoms with Gasteiger partial charge >= 0.3 is 0 Å². The molecule has 120 valence electrons. The third-order valence-corrected chi connectivity index (χ3v) is 5.11. The first-order valence-electron chi connectivity index (χ1n) is 8.54. The molecule has 0 aliphatic carbocycles. The molecule has 2 aliphatic heterocycles. The summed E-state index contributed by atoms with van der Waals surface area (Å²) in [5, 5.41) is 5.71. The molecule has 4 heteroatoms. The Bertz CT molecular complexity index is 709. The van der Waals surface area contributed by atoms with Gasteiger partial charge in [-0.3, -0.25) is 9.69 Å². The number of amides is 1. The Morgan fingerprint density at radius 1 is 1.00 bits per heavy atom. The normalized spacial score (nSPS) is 22.6. The number of nitrogens with zero attached hydrogens (tertiary/aromatic N) is 2. The van der Waals surface area contributed by atoms with Crippen molar-refractivity contribution in [3.63, 3.8) is 0 Å². The van der Waals surface area contributed by atoms with E-state index >= 15 is 0 Å². The largest absolute Gasteiger partial charge is 0.337 e. The average Bonchev–Trinajstić information content (AvgIpc) is 3.11. The van der Waals surface area contributed by atoms with Crippen LogP contribution < -0.4 is 5.32 Å². The molecule has 2 heterocycles. The van der Waals surface area contributed by atoms with E-state index in [4.69, 9.17) is 0 Å². The molecular weight excluding hydrogens is 286 g/mol. The molecule has 2 saturated heterocycles. The first kappa shape index (κ1) is 14.7. The monoisotopic (exact) mass is 309 g/mol. The van der Waals surface area contributed by atoms with Crippen LogP contribution in [0.1, 0.15) is 16.8 Å². The van der Waals surface area contributed by atoms with Gasteiger partial charge in [-0.2, -0.15) is 0 Å². The lowest BCUT2D eigenvalue weighted by Crippen LogP contribution is -2.49. The van der Waals surface area contributed by atoms with Crippen molar-refractivity contribution in [1.29, 1.82) is 0 Å². The van der Waals surface area contributed by atoms with Crippen molar-refractivity contribution >= 4 is 16.7 Å². The molecule has 0 aromatic heterocycles. The van der Waals surface area contributed by atoms with Gasteiger partial charge in [-0.1, -0.05) is 30.3 Å². The maximum absolute atomic E-state index is 12.8. The Labute approximate surface area is 137 Å². The van der Waals surface area contributed by atoms with Crippen LogP contribution >= 0.6 is 0 Å². The van der Waals surface area contributed by atoms with Crippen LogP contribution in [-0.4, -0.2) is 61.0 Å². The smallest absolute Gasteiger partial charge is 0.253 e. The van der Waals surface area contributed by atoms with Gasteiger partial charge in [0.15, 0.2) is 0 Å². The van der Waals surface area contributed by atoms with Crippen LogP contribution in [0.25, 0.3) is 10.8 Å². The van der Waals surface area contributed by atoms with E-state index in [1.54, 1.807) is 0 Å². The lowest BCUT2D eigenvalue weighted by molar-refractivity contribution is 0.0773. The number of hydrogen-bond acceptors (Lipinski definition) is 3. The summed E-state index contributed by atoms with van der Waals surface area (Å²) < 4.78 is 0. The van der Waals surface area contributed by atoms with Crippen molar-refractivity contribution in [3.05, 3.63) is 48.0 Å². The van der Waals surface area contributed by atoms with Gasteiger partial charge in [0.05, 0.1) is 0 Å². The third kappa shape index (κ3) is 2.96. The Balaban J connectivity index is 1.48. The van der Waals surface area contributed by atoms with Crippen molar-refractivity contribution in [2.45, 2.75) is 12.5 Å². The number of rotatable bonds is 2. The molecule has 4 rings (SSSR count). The van der Waals surface area contributed by atoms with E-state index in [0.717, 1.165) is 56.6 Å². The van der Waals surface area contributed by atoms with Crippen molar-refractivity contribution in [2.24, 2.45) is 0 Å². The van der Waals surface area contributed by atoms with E-state index in [9.17, 15) is 4.79 Å². The standard InChI is InChI=1S/C19H23N3O/c23-19(17-6-5-15-3-1-2-4-16(15)13-17)22-10-7-18(14-22)21-11-8-20-9-12-21/h1-6,13,18,20H,7-12,14H2. The zero-order valence-corrected chi connectivity index (χ0v) is 13.4. The maximum Gasteiger partial charge on any atom is 0.253 e. The number of piperazine rings is 1. The van der Waals surface area contributed by atoms with Gasteiger partial charge < -0.3 is 10.2 Å². The molecule has 1 unspecified atom stereocenters. The molecule has 1 atom stereocenters. The summed E-state index contributed by atoms with van der Waals surface area (Å²) in [6, 6.07) is 14.8. The molecule has 0 bridgehead atoms. The van der Waals surface area contributed by atoms with Crippen LogP contribution in [0.15, 0.2) is 42.5 Å². The van der Waals surface area contributed by atoms with Gasteiger partial charge in [-0.05, 0) is 29.3 Å². The highest BCUT2D eigenvalue weighted by atomic mass is 16.2. The second-order valence-electron chi connectivity index (χ2n) is 6.54. The number of benzene rings is 2. The van der Waals surface area contributed by atoms with Crippen LogP contribution in [-0.2, 0) is 0 Å². The second kappa shape index (κ2) is 6.30. The highest BCUT2D eigenvalue weighted by molar-refractivity contribution is 5.98. The Morgan fingerprint density at radius 2 is 1.78 bits per heavy atom. The van der Waals surface area contributed by atoms with Gasteiger partial charge in [-0.25, -0.2) is 0 Å². The topological polar surface area (TPSA) is 35.6 Å². The fraction of sp³-hybridized carbons (Fsp3) is 0.421. The highest BCUT2D eigenvalue weighted by Gasteiger charge is 2.31. The minimum absolute atomic E-state index is 0.174. The van der Waals surface area contributed by atoms with Crippen LogP contribution in [0, 0.1) is 0 Å². The second-order valence-corrected chi connectivity index (χ2v) is 6.54. The number of hydrogen-bond donors (Lipinski definition) is 1. The molecule has 2 aliphatic rings. The first-order valence-corrected chi connectivity index (χ1v) is 8.54. The molecule has 4 nitrogen and oxygen atoms in total. The number of nitrogens with one attached hydrogen (secondary N) is 1. The summed E-state index contributed by atoms with van der Waals surface area (Å²) in [4.78, 5) is 17.4. The first-order chi connectivity index (χ1) is 11.3. The van der Waals surface area contributed by atoms with Gasteiger partial charge in [0, 0.05) is 50.9 Å². The molecule has 1 amide bonds. The molecule has 0 spiro atoms. The van der Waals surface area contributed by atoms with Crippen molar-refractivity contribution in [2.75, 3.05) is 39.3 Å². The number of fused-ring (bicyclic) bond motifs is 1. The predicted molar refractivity (Wildman–Crippen MR) is 92.7 cm³/mol. The van der Waals surface area contributed by atoms with E-state index < -0.39 is 0 Å². The van der Waals surface area contributed by atoms with Crippen LogP contribution in [0.5, 0.6) is 0 Å². The molecule has 0 saturated carbocycles. The lowest BCUT2D eigenvalue weighted by atomic mass is 10.1. The fourth-order valence-corrected chi connectivity index (χ4v) is 3.78. The minimum Gasteiger partial charge on any atom is -0.337 e. The van der Waals surface area contributed by atoms with E-state index in [2.05, 4.69) is 22.3 Å². The molecule has 2 aromatic rings. The molecule has 2 fully saturated rings. The zero-order valence-electron chi connectivity index (χ0n) is 13.4. The Hall–Kier alpha value is -1.91. The summed E-state index contributed by atoms with van der Waals surface area (Å²) in [6.45, 7) is 6.07. The average molecular weight is 309 g/mol. The van der Waals surface area contributed by atoms with E-state index in [1.807, 2.05) is 35.2 Å². The summed E-state index contributed by atoms with van der Waals surface area (Å²) >= 11 is 0. The van der Waals surface area contributed by atoms with Crippen molar-refractivity contribution in [1.82, 2.24) is 15.1 Å². The SMILES string of the molecule is O=C(c1ccc2ccccc2c1)N1CCC(N2CCNCC2)C1. The summed E-state index contributed by atoms with van der Waals surface area (Å²) in [5.41, 5.74) is 0.810. The Kier molecular flexibility index (Phi) is 4.02. The van der Waals surface area contributed by atoms with Crippen molar-refractivity contribution in [3.8, 4) is 0 Å². The van der Waals surface area contributed by atoms with Crippen LogP contribution in [0.4, 0.5) is 0 Å². The number of carbonyl (C=O) groups is 1. The predicted octanol–water partition coefficient (Wildman–Crippen LogP) is 1.96. The molecule has 23 heavy (non-hydrogen) atoms. The molecule has 0 radical (unpaired) electrons. The molecule has 1 N–H and O–H groups in total. The van der Waals surface area contributed by atoms with E-state index in [0.29, 0.717) is 6.04 Å². The van der Waals surface area contributed by atoms with Gasteiger partial charge in [0.25, 0.3) is 5.91 Å². The van der Waals surface area contributed by atoms with Gasteiger partial charge in [0.2, 0.25) is 0 Å². The third-order valence-electron chi connectivity index (χ3n) is 5.11. The lowest BCUT2D eigenvalue weighted by Gasteiger charge is -2.32. The van der Waals surface area contributed by atoms with Crippen LogP contribution in [0.3, 0.4) is 0 Å². The van der Waals surface area contributed by atoms with Crippen molar-refractivity contribution < 1.29 is 4.79 Å². The maximum atomic E-state index is 12.8. The highest BCUT2D eigenvalue weighted by Crippen LogP contribution is 2.21. The number of likely N-dealkylation sites (tertiary alicyclic amines) is 1. The zero-order chi connectivity index (χ0) is 15.6. The van der Waals surface area contributed by atoms with Gasteiger partial charge in [0.1, 0.15) is 0 Å². The minimum atomic E-state index is 0.174. The number of carbonyl (C=O) groups excluding carboxylic acids is 1. The summed E-state index contributed by atoms with van der Waals surface area (Å²) in [6.07, 6.45) is 1.10. The summed E-state index contributed by atoms with van der Waals surface area (Å²) in [5.74, 6) is 0.174.